The average Bonchev–Trinajstić information content (AvgIpc) is 3.26. The minimum Gasteiger partial charge on any atom is -0.318 e. The van der Waals surface area contributed by atoms with Crippen LogP contribution in [-0.2, 0) is 0 Å². The second-order valence-electron chi connectivity index (χ2n) is 7.84. The van der Waals surface area contributed by atoms with E-state index in [4.69, 9.17) is 0 Å². The summed E-state index contributed by atoms with van der Waals surface area (Å²) in [4.78, 5) is 12.7. The van der Waals surface area contributed by atoms with E-state index in [1.54, 1.807) is 12.3 Å². The van der Waals surface area contributed by atoms with E-state index in [-0.39, 0.29) is 5.91 Å². The Morgan fingerprint density at radius 1 is 0.844 bits per heavy atom. The number of hydrazone groups is 1. The van der Waals surface area contributed by atoms with E-state index in [1.807, 2.05) is 18.2 Å². The summed E-state index contributed by atoms with van der Waals surface area (Å²) in [6, 6.07) is 22.2. The molecule has 6 heteroatoms. The van der Waals surface area contributed by atoms with Crippen LogP contribution < -0.4 is 5.43 Å². The molecule has 0 saturated carbocycles. The summed E-state index contributed by atoms with van der Waals surface area (Å²) in [6.45, 7) is 8.23. The molecule has 0 aliphatic carbocycles. The van der Waals surface area contributed by atoms with Crippen LogP contribution in [0.1, 0.15) is 38.7 Å². The number of carbonyl (C=O) groups excluding carboxylic acids is 1. The van der Waals surface area contributed by atoms with Gasteiger partial charge in [-0.2, -0.15) is 5.10 Å². The van der Waals surface area contributed by atoms with Crippen molar-refractivity contribution in [3.8, 4) is 11.4 Å². The van der Waals surface area contributed by atoms with Gasteiger partial charge in [-0.1, -0.05) is 6.07 Å². The number of halogens is 1. The monoisotopic (exact) mass is 536 g/mol. The first kappa shape index (κ1) is 22.1. The van der Waals surface area contributed by atoms with Crippen LogP contribution in [0.25, 0.3) is 11.4 Å². The second-order valence-corrected chi connectivity index (χ2v) is 9.08. The first-order valence-electron chi connectivity index (χ1n) is 10.4. The molecule has 2 aromatic carbocycles. The molecule has 4 aromatic rings. The molecule has 0 unspecified atom stereocenters. The minimum atomic E-state index is -0.239. The molecule has 0 fully saturated rings. The standard InChI is InChI=1S/C26H25IN4O/c1-17-8-9-18(2)30(17)25-7-5-6-21(15-25)26(32)29-28-16-22-14-19(3)31(20(22)4)24-12-10-23(27)11-13-24/h5-16H,1-4H3,(H,29,32)/b28-16+. The molecule has 2 aromatic heterocycles. The van der Waals surface area contributed by atoms with Crippen LogP contribution in [0, 0.1) is 31.3 Å². The van der Waals surface area contributed by atoms with Gasteiger partial charge in [0.15, 0.2) is 0 Å². The summed E-state index contributed by atoms with van der Waals surface area (Å²) in [5.74, 6) is -0.239. The SMILES string of the molecule is Cc1ccc(C)n1-c1cccc(C(=O)N/N=C/c2cc(C)n(-c3ccc(I)cc3)c2C)c1. The summed E-state index contributed by atoms with van der Waals surface area (Å²) in [6.07, 6.45) is 1.70. The van der Waals surface area contributed by atoms with E-state index >= 15 is 0 Å². The Bertz CT molecular complexity index is 1290. The van der Waals surface area contributed by atoms with E-state index in [2.05, 4.69) is 112 Å². The van der Waals surface area contributed by atoms with Crippen molar-refractivity contribution in [2.45, 2.75) is 27.7 Å². The Morgan fingerprint density at radius 3 is 2.22 bits per heavy atom. The van der Waals surface area contributed by atoms with Crippen LogP contribution in [0.3, 0.4) is 0 Å². The van der Waals surface area contributed by atoms with E-state index < -0.39 is 0 Å². The molecule has 2 heterocycles. The van der Waals surface area contributed by atoms with Crippen molar-refractivity contribution < 1.29 is 4.79 Å². The average molecular weight is 536 g/mol. The summed E-state index contributed by atoms with van der Waals surface area (Å²) in [7, 11) is 0. The number of carbonyl (C=O) groups is 1. The molecule has 0 atom stereocenters. The molecule has 4 rings (SSSR count). The number of aromatic nitrogens is 2. The normalized spacial score (nSPS) is 11.3. The van der Waals surface area contributed by atoms with Crippen molar-refractivity contribution in [1.29, 1.82) is 0 Å². The molecule has 1 N–H and O–H groups in total. The fourth-order valence-corrected chi connectivity index (χ4v) is 4.35. The summed E-state index contributed by atoms with van der Waals surface area (Å²) in [5.41, 5.74) is 10.7. The number of hydrogen-bond donors (Lipinski definition) is 1. The summed E-state index contributed by atoms with van der Waals surface area (Å²) >= 11 is 2.30. The maximum Gasteiger partial charge on any atom is 0.271 e. The highest BCUT2D eigenvalue weighted by atomic mass is 127. The van der Waals surface area contributed by atoms with Gasteiger partial charge in [-0.25, -0.2) is 5.43 Å². The molecule has 5 nitrogen and oxygen atoms in total. The van der Waals surface area contributed by atoms with Gasteiger partial charge in [0.2, 0.25) is 0 Å². The van der Waals surface area contributed by atoms with Gasteiger partial charge in [0.25, 0.3) is 5.91 Å². The van der Waals surface area contributed by atoms with E-state index in [0.29, 0.717) is 5.56 Å². The number of amides is 1. The van der Waals surface area contributed by atoms with Crippen LogP contribution in [0.4, 0.5) is 0 Å². The van der Waals surface area contributed by atoms with Crippen LogP contribution in [0.15, 0.2) is 71.8 Å². The summed E-state index contributed by atoms with van der Waals surface area (Å²) < 4.78 is 5.51. The zero-order chi connectivity index (χ0) is 22.8. The predicted octanol–water partition coefficient (Wildman–Crippen LogP) is 5.87. The lowest BCUT2D eigenvalue weighted by molar-refractivity contribution is 0.0955. The van der Waals surface area contributed by atoms with Gasteiger partial charge in [-0.15, -0.1) is 0 Å². The lowest BCUT2D eigenvalue weighted by Crippen LogP contribution is -2.18. The zero-order valence-corrected chi connectivity index (χ0v) is 20.7. The summed E-state index contributed by atoms with van der Waals surface area (Å²) in [5, 5.41) is 4.22. The molecule has 0 spiro atoms. The Morgan fingerprint density at radius 2 is 1.53 bits per heavy atom. The van der Waals surface area contributed by atoms with Crippen LogP contribution in [0.2, 0.25) is 0 Å². The van der Waals surface area contributed by atoms with Crippen molar-refractivity contribution in [1.82, 2.24) is 14.6 Å². The van der Waals surface area contributed by atoms with E-state index in [0.717, 1.165) is 39.7 Å². The number of nitrogens with one attached hydrogen (secondary N) is 1. The van der Waals surface area contributed by atoms with Gasteiger partial charge >= 0.3 is 0 Å². The van der Waals surface area contributed by atoms with Crippen molar-refractivity contribution in [3.05, 3.63) is 104 Å². The predicted molar refractivity (Wildman–Crippen MR) is 138 cm³/mol. The second kappa shape index (κ2) is 9.16. The minimum absolute atomic E-state index is 0.239. The quantitative estimate of drug-likeness (QED) is 0.194. The molecule has 0 radical (unpaired) electrons. The molecule has 1 amide bonds. The van der Waals surface area contributed by atoms with Crippen LogP contribution in [0.5, 0.6) is 0 Å². The third kappa shape index (κ3) is 4.41. The third-order valence-electron chi connectivity index (χ3n) is 5.56. The molecular formula is C26H25IN4O. The molecule has 0 saturated heterocycles. The fourth-order valence-electron chi connectivity index (χ4n) is 3.99. The first-order chi connectivity index (χ1) is 15.3. The smallest absolute Gasteiger partial charge is 0.271 e. The number of aryl methyl sites for hydroxylation is 3. The Labute approximate surface area is 201 Å². The molecule has 32 heavy (non-hydrogen) atoms. The Kier molecular flexibility index (Phi) is 6.32. The van der Waals surface area contributed by atoms with Crippen molar-refractivity contribution in [2.24, 2.45) is 5.10 Å². The molecular weight excluding hydrogens is 511 g/mol. The molecule has 0 bridgehead atoms. The fraction of sp³-hybridized carbons (Fsp3) is 0.154. The molecule has 0 aliphatic rings. The van der Waals surface area contributed by atoms with Gasteiger partial charge in [-0.3, -0.25) is 4.79 Å². The topological polar surface area (TPSA) is 51.3 Å². The van der Waals surface area contributed by atoms with E-state index in [9.17, 15) is 4.79 Å². The van der Waals surface area contributed by atoms with E-state index in [1.165, 1.54) is 3.57 Å². The lowest BCUT2D eigenvalue weighted by atomic mass is 10.2. The Hall–Kier alpha value is -3.13. The molecule has 162 valence electrons. The van der Waals surface area contributed by atoms with Crippen LogP contribution in [-0.4, -0.2) is 21.3 Å². The molecule has 0 aliphatic heterocycles. The van der Waals surface area contributed by atoms with Gasteiger partial charge in [-0.05, 0) is 111 Å². The number of nitrogens with zero attached hydrogens (tertiary/aromatic N) is 3. The maximum absolute atomic E-state index is 12.7. The van der Waals surface area contributed by atoms with Gasteiger partial charge < -0.3 is 9.13 Å². The highest BCUT2D eigenvalue weighted by molar-refractivity contribution is 14.1. The lowest BCUT2D eigenvalue weighted by Gasteiger charge is -2.10. The third-order valence-corrected chi connectivity index (χ3v) is 6.28. The first-order valence-corrected chi connectivity index (χ1v) is 11.5. The van der Waals surface area contributed by atoms with Gasteiger partial charge in [0.05, 0.1) is 6.21 Å². The van der Waals surface area contributed by atoms with Crippen molar-refractivity contribution >= 4 is 34.7 Å². The van der Waals surface area contributed by atoms with Gasteiger partial charge in [0.1, 0.15) is 0 Å². The number of benzene rings is 2. The largest absolute Gasteiger partial charge is 0.318 e. The highest BCUT2D eigenvalue weighted by Gasteiger charge is 2.11. The van der Waals surface area contributed by atoms with Crippen molar-refractivity contribution in [3.63, 3.8) is 0 Å². The highest BCUT2D eigenvalue weighted by Crippen LogP contribution is 2.21. The Balaban J connectivity index is 1.52. The van der Waals surface area contributed by atoms with Gasteiger partial charge in [0, 0.05) is 48.8 Å². The maximum atomic E-state index is 12.7. The van der Waals surface area contributed by atoms with Crippen molar-refractivity contribution in [2.75, 3.05) is 0 Å². The zero-order valence-electron chi connectivity index (χ0n) is 18.6. The number of rotatable bonds is 5. The van der Waals surface area contributed by atoms with Crippen LogP contribution >= 0.6 is 22.6 Å². The number of hydrogen-bond acceptors (Lipinski definition) is 2.